The molecule has 0 aliphatic rings. The minimum Gasteiger partial charge on any atom is -0.301 e. The first-order valence-corrected chi connectivity index (χ1v) is 13.4. The molecule has 0 unspecified atom stereocenters. The fourth-order valence-electron chi connectivity index (χ4n) is 3.78. The van der Waals surface area contributed by atoms with E-state index in [2.05, 4.69) is 17.2 Å². The minimum absolute atomic E-state index is 0.168. The molecule has 0 aliphatic heterocycles. The summed E-state index contributed by atoms with van der Waals surface area (Å²) < 4.78 is 1.98. The predicted molar refractivity (Wildman–Crippen MR) is 139 cm³/mol. The minimum atomic E-state index is 0.168. The Morgan fingerprint density at radius 2 is 1.09 bits per heavy atom. The highest BCUT2D eigenvalue weighted by Gasteiger charge is 2.03. The lowest BCUT2D eigenvalue weighted by molar-refractivity contribution is -0.700. The third kappa shape index (κ3) is 20.1. The Morgan fingerprint density at radius 3 is 1.52 bits per heavy atom. The molecule has 0 radical (unpaired) electrons. The molecule has 1 N–H and O–H groups in total. The maximum atomic E-state index is 11.8. The average molecular weight is 455 g/mol. The van der Waals surface area contributed by atoms with E-state index < -0.39 is 0 Å². The van der Waals surface area contributed by atoms with Crippen molar-refractivity contribution in [3.63, 3.8) is 0 Å². The van der Waals surface area contributed by atoms with Crippen LogP contribution < -0.4 is 9.88 Å². The third-order valence-corrected chi connectivity index (χ3v) is 5.81. The molecule has 0 aliphatic carbocycles. The monoisotopic (exact) mass is 454 g/mol. The largest absolute Gasteiger partial charge is 0.301 e. The molecular formula is C29H48N3O+. The van der Waals surface area contributed by atoms with Crippen molar-refractivity contribution < 1.29 is 9.36 Å². The quantitative estimate of drug-likeness (QED) is 0.188. The van der Waals surface area contributed by atoms with Crippen molar-refractivity contribution in [3.05, 3.63) is 61.2 Å². The van der Waals surface area contributed by atoms with Crippen LogP contribution in [0.5, 0.6) is 0 Å². The summed E-state index contributed by atoms with van der Waals surface area (Å²) in [5.41, 5.74) is 0. The van der Waals surface area contributed by atoms with Crippen molar-refractivity contribution >= 4 is 5.91 Å². The lowest BCUT2D eigenvalue weighted by Gasteiger charge is -2.04. The molecule has 1 amide bonds. The van der Waals surface area contributed by atoms with Gasteiger partial charge in [-0.1, -0.05) is 109 Å². The molecule has 2 aromatic heterocycles. The molecule has 2 heterocycles. The Balaban J connectivity index is 0.000000779. The third-order valence-electron chi connectivity index (χ3n) is 5.81. The molecule has 184 valence electrons. The number of pyridine rings is 2. The number of rotatable bonds is 18. The number of unbranched alkanes of at least 4 members (excludes halogenated alkanes) is 14. The van der Waals surface area contributed by atoms with Crippen LogP contribution in [-0.2, 0) is 11.5 Å². The molecule has 0 fully saturated rings. The second-order valence-corrected chi connectivity index (χ2v) is 8.87. The zero-order valence-corrected chi connectivity index (χ0v) is 21.1. The van der Waals surface area contributed by atoms with Gasteiger partial charge in [0.15, 0.2) is 12.4 Å². The van der Waals surface area contributed by atoms with Gasteiger partial charge in [-0.25, -0.2) is 0 Å². The summed E-state index contributed by atoms with van der Waals surface area (Å²) in [4.78, 5) is 15.6. The van der Waals surface area contributed by atoms with E-state index in [0.29, 0.717) is 13.1 Å². The van der Waals surface area contributed by atoms with Crippen molar-refractivity contribution in [2.75, 3.05) is 0 Å². The summed E-state index contributed by atoms with van der Waals surface area (Å²) in [6.07, 6.45) is 28.4. The first kappa shape index (κ1) is 28.8. The van der Waals surface area contributed by atoms with E-state index in [1.807, 2.05) is 53.4 Å². The van der Waals surface area contributed by atoms with Crippen molar-refractivity contribution in [2.24, 2.45) is 0 Å². The van der Waals surface area contributed by atoms with Crippen LogP contribution in [0.3, 0.4) is 0 Å². The van der Waals surface area contributed by atoms with Crippen LogP contribution in [0.2, 0.25) is 0 Å². The summed E-state index contributed by atoms with van der Waals surface area (Å²) in [5.74, 6) is 0.168. The van der Waals surface area contributed by atoms with Crippen molar-refractivity contribution in [3.8, 4) is 0 Å². The van der Waals surface area contributed by atoms with Crippen LogP contribution in [0.4, 0.5) is 0 Å². The molecule has 0 atom stereocenters. The first-order chi connectivity index (χ1) is 16.3. The second kappa shape index (κ2) is 22.9. The maximum Gasteiger partial charge on any atom is 0.224 e. The van der Waals surface area contributed by atoms with E-state index in [9.17, 15) is 4.79 Å². The number of hydrogen-bond donors (Lipinski definition) is 1. The number of nitrogens with zero attached hydrogens (tertiary/aromatic N) is 2. The van der Waals surface area contributed by atoms with E-state index in [1.165, 1.54) is 89.9 Å². The predicted octanol–water partition coefficient (Wildman–Crippen LogP) is 7.39. The summed E-state index contributed by atoms with van der Waals surface area (Å²) in [6, 6.07) is 11.6. The van der Waals surface area contributed by atoms with Crippen LogP contribution in [0.15, 0.2) is 61.2 Å². The lowest BCUT2D eigenvalue weighted by atomic mass is 10.0. The Hall–Kier alpha value is -2.23. The molecule has 2 rings (SSSR count). The summed E-state index contributed by atoms with van der Waals surface area (Å²) in [6.45, 7) is 2.85. The van der Waals surface area contributed by atoms with Gasteiger partial charge in [-0.15, -0.1) is 0 Å². The van der Waals surface area contributed by atoms with Crippen LogP contribution in [0.25, 0.3) is 0 Å². The van der Waals surface area contributed by atoms with Gasteiger partial charge in [-0.2, -0.15) is 4.57 Å². The number of amides is 1. The van der Waals surface area contributed by atoms with Crippen LogP contribution in [0, 0.1) is 0 Å². The van der Waals surface area contributed by atoms with Gasteiger partial charge in [-0.05, 0) is 18.6 Å². The molecule has 0 aromatic carbocycles. The van der Waals surface area contributed by atoms with Crippen LogP contribution in [0.1, 0.15) is 110 Å². The van der Waals surface area contributed by atoms with Gasteiger partial charge in [0.05, 0.1) is 0 Å². The van der Waals surface area contributed by atoms with E-state index in [-0.39, 0.29) is 5.91 Å². The summed E-state index contributed by atoms with van der Waals surface area (Å²) >= 11 is 0. The van der Waals surface area contributed by atoms with Gasteiger partial charge in [0.2, 0.25) is 12.6 Å². The summed E-state index contributed by atoms with van der Waals surface area (Å²) in [7, 11) is 0. The standard InChI is InChI=1S/C24H42N2O.C5H5N/c1-2-3-4-5-6-7-8-9-10-11-12-13-14-15-17-20-24(27)25-23-26-21-18-16-19-22-26;1-2-4-6-5-3-1/h16,18-19,21-22H,2-15,17,20,23H2,1H3;1-5H/p+1. The summed E-state index contributed by atoms with van der Waals surface area (Å²) in [5, 5.41) is 2.97. The zero-order valence-electron chi connectivity index (χ0n) is 21.1. The van der Waals surface area contributed by atoms with Gasteiger partial charge in [0.25, 0.3) is 0 Å². The number of carbonyl (C=O) groups excluding carboxylic acids is 1. The molecular weight excluding hydrogens is 406 g/mol. The Morgan fingerprint density at radius 1 is 0.636 bits per heavy atom. The van der Waals surface area contributed by atoms with E-state index in [0.717, 1.165) is 6.42 Å². The molecule has 0 saturated carbocycles. The molecule has 0 saturated heterocycles. The van der Waals surface area contributed by atoms with Crippen LogP contribution in [-0.4, -0.2) is 10.9 Å². The fourth-order valence-corrected chi connectivity index (χ4v) is 3.78. The topological polar surface area (TPSA) is 45.9 Å². The molecule has 33 heavy (non-hydrogen) atoms. The first-order valence-electron chi connectivity index (χ1n) is 13.4. The highest BCUT2D eigenvalue weighted by molar-refractivity contribution is 5.75. The number of carbonyl (C=O) groups is 1. The maximum absolute atomic E-state index is 11.8. The van der Waals surface area contributed by atoms with Gasteiger partial charge in [0.1, 0.15) is 0 Å². The van der Waals surface area contributed by atoms with Gasteiger partial charge < -0.3 is 5.32 Å². The molecule has 0 spiro atoms. The Labute approximate surface area is 203 Å². The SMILES string of the molecule is CCCCCCCCCCCCCCCCCC(=O)NC[n+]1ccccc1.c1ccncc1. The highest BCUT2D eigenvalue weighted by Crippen LogP contribution is 2.13. The van der Waals surface area contributed by atoms with Crippen molar-refractivity contribution in [1.29, 1.82) is 0 Å². The average Bonchev–Trinajstić information content (AvgIpc) is 2.87. The molecule has 4 heteroatoms. The molecule has 4 nitrogen and oxygen atoms in total. The number of nitrogens with one attached hydrogen (secondary N) is 1. The van der Waals surface area contributed by atoms with Gasteiger partial charge in [0, 0.05) is 30.9 Å². The number of aromatic nitrogens is 2. The van der Waals surface area contributed by atoms with E-state index in [4.69, 9.17) is 0 Å². The zero-order chi connectivity index (χ0) is 23.7. The molecule has 2 aromatic rings. The van der Waals surface area contributed by atoms with E-state index in [1.54, 1.807) is 12.4 Å². The van der Waals surface area contributed by atoms with E-state index >= 15 is 0 Å². The molecule has 0 bridgehead atoms. The Bertz CT molecular complexity index is 622. The van der Waals surface area contributed by atoms with Crippen molar-refractivity contribution in [2.45, 2.75) is 116 Å². The smallest absolute Gasteiger partial charge is 0.224 e. The normalized spacial score (nSPS) is 10.3. The van der Waals surface area contributed by atoms with Gasteiger partial charge in [-0.3, -0.25) is 9.78 Å². The van der Waals surface area contributed by atoms with Crippen LogP contribution >= 0.6 is 0 Å². The highest BCUT2D eigenvalue weighted by atomic mass is 16.1. The lowest BCUT2D eigenvalue weighted by Crippen LogP contribution is -2.42. The number of hydrogen-bond acceptors (Lipinski definition) is 2. The second-order valence-electron chi connectivity index (χ2n) is 8.87. The Kier molecular flexibility index (Phi) is 20.0. The van der Waals surface area contributed by atoms with Crippen molar-refractivity contribution in [1.82, 2.24) is 10.3 Å². The fraction of sp³-hybridized carbons (Fsp3) is 0.621. The van der Waals surface area contributed by atoms with Gasteiger partial charge >= 0.3 is 0 Å².